The Kier molecular flexibility index (Phi) is 3.48. The van der Waals surface area contributed by atoms with Gasteiger partial charge in [-0.25, -0.2) is 0 Å². The van der Waals surface area contributed by atoms with E-state index in [1.807, 2.05) is 0 Å². The summed E-state index contributed by atoms with van der Waals surface area (Å²) in [6.45, 7) is 1.05. The minimum atomic E-state index is -0.398. The number of piperidine rings is 1. The Bertz CT molecular complexity index is 415. The first kappa shape index (κ1) is 12.6. The second-order valence-corrected chi connectivity index (χ2v) is 6.72. The Morgan fingerprint density at radius 1 is 1.17 bits per heavy atom. The van der Waals surface area contributed by atoms with Crippen LogP contribution in [-0.4, -0.2) is 17.3 Å². The van der Waals surface area contributed by atoms with Gasteiger partial charge in [0.2, 0.25) is 0 Å². The SMILES string of the molecule is O[C@]12CCCC[C@@H]1[C@H](c1ccc(Br)cc1)[NH2+]CC2. The van der Waals surface area contributed by atoms with E-state index in [0.717, 1.165) is 23.9 Å². The molecule has 3 heteroatoms. The number of hydrogen-bond donors (Lipinski definition) is 2. The summed E-state index contributed by atoms with van der Waals surface area (Å²) in [5, 5.41) is 13.3. The minimum absolute atomic E-state index is 0.398. The molecule has 0 unspecified atom stereocenters. The van der Waals surface area contributed by atoms with Gasteiger partial charge in [-0.1, -0.05) is 40.9 Å². The molecule has 0 aromatic heterocycles. The highest BCUT2D eigenvalue weighted by Crippen LogP contribution is 2.43. The molecule has 1 aromatic carbocycles. The first-order chi connectivity index (χ1) is 8.69. The number of nitrogens with two attached hydrogens (primary N) is 1. The van der Waals surface area contributed by atoms with Crippen molar-refractivity contribution in [3.63, 3.8) is 0 Å². The summed E-state index contributed by atoms with van der Waals surface area (Å²) < 4.78 is 1.13. The minimum Gasteiger partial charge on any atom is -0.389 e. The predicted octanol–water partition coefficient (Wildman–Crippen LogP) is 2.38. The molecule has 98 valence electrons. The largest absolute Gasteiger partial charge is 0.389 e. The number of hydrogen-bond acceptors (Lipinski definition) is 1. The monoisotopic (exact) mass is 310 g/mol. The van der Waals surface area contributed by atoms with Crippen LogP contribution in [-0.2, 0) is 0 Å². The molecule has 0 spiro atoms. The molecule has 1 saturated heterocycles. The lowest BCUT2D eigenvalue weighted by Crippen LogP contribution is -2.91. The molecule has 1 heterocycles. The zero-order chi connectivity index (χ0) is 12.6. The molecule has 3 atom stereocenters. The van der Waals surface area contributed by atoms with E-state index in [4.69, 9.17) is 0 Å². The third kappa shape index (κ3) is 2.24. The third-order valence-corrected chi connectivity index (χ3v) is 5.28. The second kappa shape index (κ2) is 4.95. The van der Waals surface area contributed by atoms with Crippen LogP contribution in [0.3, 0.4) is 0 Å². The maximum absolute atomic E-state index is 10.8. The fourth-order valence-electron chi connectivity index (χ4n) is 3.80. The van der Waals surface area contributed by atoms with E-state index in [9.17, 15) is 5.11 Å². The number of quaternary nitrogens is 1. The van der Waals surface area contributed by atoms with Crippen molar-refractivity contribution >= 4 is 15.9 Å². The normalized spacial score (nSPS) is 36.1. The maximum atomic E-state index is 10.8. The zero-order valence-electron chi connectivity index (χ0n) is 10.6. The van der Waals surface area contributed by atoms with Gasteiger partial charge in [0, 0.05) is 22.4 Å². The van der Waals surface area contributed by atoms with Gasteiger partial charge in [-0.3, -0.25) is 0 Å². The van der Waals surface area contributed by atoms with E-state index < -0.39 is 5.60 Å². The molecule has 1 aromatic rings. The molecule has 0 radical (unpaired) electrons. The number of rotatable bonds is 1. The fraction of sp³-hybridized carbons (Fsp3) is 0.600. The molecule has 1 aliphatic carbocycles. The molecule has 18 heavy (non-hydrogen) atoms. The predicted molar refractivity (Wildman–Crippen MR) is 75.2 cm³/mol. The maximum Gasteiger partial charge on any atom is 0.117 e. The second-order valence-electron chi connectivity index (χ2n) is 5.81. The summed E-state index contributed by atoms with van der Waals surface area (Å²) in [6, 6.07) is 9.06. The van der Waals surface area contributed by atoms with E-state index in [2.05, 4.69) is 45.5 Å². The summed E-state index contributed by atoms with van der Waals surface area (Å²) >= 11 is 3.49. The molecule has 1 saturated carbocycles. The van der Waals surface area contributed by atoms with Gasteiger partial charge >= 0.3 is 0 Å². The Labute approximate surface area is 117 Å². The highest BCUT2D eigenvalue weighted by atomic mass is 79.9. The van der Waals surface area contributed by atoms with Crippen molar-refractivity contribution in [3.05, 3.63) is 34.3 Å². The van der Waals surface area contributed by atoms with E-state index in [-0.39, 0.29) is 0 Å². The van der Waals surface area contributed by atoms with E-state index in [0.29, 0.717) is 12.0 Å². The van der Waals surface area contributed by atoms with Gasteiger partial charge in [0.05, 0.1) is 12.1 Å². The Balaban J connectivity index is 1.88. The lowest BCUT2D eigenvalue weighted by atomic mass is 9.67. The molecule has 2 fully saturated rings. The van der Waals surface area contributed by atoms with Crippen molar-refractivity contribution in [2.75, 3.05) is 6.54 Å². The van der Waals surface area contributed by atoms with Crippen molar-refractivity contribution in [2.45, 2.75) is 43.7 Å². The van der Waals surface area contributed by atoms with Gasteiger partial charge < -0.3 is 10.4 Å². The molecular formula is C15H21BrNO+. The highest BCUT2D eigenvalue weighted by Gasteiger charge is 2.48. The average molecular weight is 311 g/mol. The van der Waals surface area contributed by atoms with Crippen LogP contribution in [0.15, 0.2) is 28.7 Å². The average Bonchev–Trinajstić information content (AvgIpc) is 2.38. The molecule has 0 amide bonds. The van der Waals surface area contributed by atoms with Crippen LogP contribution in [0.4, 0.5) is 0 Å². The van der Waals surface area contributed by atoms with Crippen molar-refractivity contribution in [3.8, 4) is 0 Å². The summed E-state index contributed by atoms with van der Waals surface area (Å²) in [6.07, 6.45) is 5.60. The van der Waals surface area contributed by atoms with Crippen LogP contribution in [0.1, 0.15) is 43.7 Å². The Morgan fingerprint density at radius 3 is 2.72 bits per heavy atom. The Hall–Kier alpha value is -0.380. The van der Waals surface area contributed by atoms with Crippen LogP contribution in [0.5, 0.6) is 0 Å². The van der Waals surface area contributed by atoms with Crippen molar-refractivity contribution in [1.82, 2.24) is 0 Å². The van der Waals surface area contributed by atoms with E-state index in [1.165, 1.54) is 24.8 Å². The first-order valence-electron chi connectivity index (χ1n) is 7.00. The molecular weight excluding hydrogens is 290 g/mol. The molecule has 3 rings (SSSR count). The molecule has 3 N–H and O–H groups in total. The van der Waals surface area contributed by atoms with E-state index in [1.54, 1.807) is 0 Å². The number of fused-ring (bicyclic) bond motifs is 1. The van der Waals surface area contributed by atoms with E-state index >= 15 is 0 Å². The van der Waals surface area contributed by atoms with Crippen molar-refractivity contribution in [1.29, 1.82) is 0 Å². The smallest absolute Gasteiger partial charge is 0.117 e. The fourth-order valence-corrected chi connectivity index (χ4v) is 4.07. The summed E-state index contributed by atoms with van der Waals surface area (Å²) in [5.41, 5.74) is 0.966. The highest BCUT2D eigenvalue weighted by molar-refractivity contribution is 9.10. The standard InChI is InChI=1S/C15H20BrNO/c16-12-6-4-11(5-7-12)14-13-3-1-2-8-15(13,18)9-10-17-14/h4-7,13-14,17-18H,1-3,8-10H2/p+1/t13-,14+,15+/m1/s1. The van der Waals surface area contributed by atoms with Crippen LogP contribution >= 0.6 is 15.9 Å². The number of halogens is 1. The van der Waals surface area contributed by atoms with Crippen LogP contribution in [0, 0.1) is 5.92 Å². The van der Waals surface area contributed by atoms with Gasteiger partial charge in [-0.05, 0) is 25.0 Å². The summed E-state index contributed by atoms with van der Waals surface area (Å²) in [7, 11) is 0. The first-order valence-corrected chi connectivity index (χ1v) is 7.79. The topological polar surface area (TPSA) is 36.8 Å². The van der Waals surface area contributed by atoms with Gasteiger partial charge in [-0.2, -0.15) is 0 Å². The Morgan fingerprint density at radius 2 is 1.94 bits per heavy atom. The van der Waals surface area contributed by atoms with Gasteiger partial charge in [-0.15, -0.1) is 0 Å². The lowest BCUT2D eigenvalue weighted by Gasteiger charge is -2.46. The molecule has 1 aliphatic heterocycles. The van der Waals surface area contributed by atoms with Gasteiger partial charge in [0.15, 0.2) is 0 Å². The lowest BCUT2D eigenvalue weighted by molar-refractivity contribution is -0.719. The van der Waals surface area contributed by atoms with Crippen LogP contribution in [0.2, 0.25) is 0 Å². The quantitative estimate of drug-likeness (QED) is 0.821. The third-order valence-electron chi connectivity index (χ3n) is 4.75. The summed E-state index contributed by atoms with van der Waals surface area (Å²) in [4.78, 5) is 0. The van der Waals surface area contributed by atoms with Crippen molar-refractivity contribution in [2.24, 2.45) is 5.92 Å². The molecule has 2 nitrogen and oxygen atoms in total. The van der Waals surface area contributed by atoms with Crippen LogP contribution in [0.25, 0.3) is 0 Å². The van der Waals surface area contributed by atoms with Crippen LogP contribution < -0.4 is 5.32 Å². The zero-order valence-corrected chi connectivity index (χ0v) is 12.2. The van der Waals surface area contributed by atoms with Gasteiger partial charge in [0.25, 0.3) is 0 Å². The number of benzene rings is 1. The molecule has 2 aliphatic rings. The van der Waals surface area contributed by atoms with Crippen molar-refractivity contribution < 1.29 is 10.4 Å². The van der Waals surface area contributed by atoms with Gasteiger partial charge in [0.1, 0.15) is 6.04 Å². The molecule has 0 bridgehead atoms. The number of aliphatic hydroxyl groups is 1. The summed E-state index contributed by atoms with van der Waals surface area (Å²) in [5.74, 6) is 0.432.